The second-order valence-electron chi connectivity index (χ2n) is 5.27. The van der Waals surface area contributed by atoms with E-state index in [0.717, 1.165) is 6.92 Å². The highest BCUT2D eigenvalue weighted by atomic mass is 35.5. The van der Waals surface area contributed by atoms with Crippen LogP contribution in [-0.2, 0) is 15.8 Å². The maximum absolute atomic E-state index is 13.1. The van der Waals surface area contributed by atoms with Gasteiger partial charge in [-0.3, -0.25) is 19.7 Å². The molecular weight excluding hydrogens is 468 g/mol. The van der Waals surface area contributed by atoms with Crippen molar-refractivity contribution in [3.8, 4) is 5.69 Å². The monoisotopic (exact) mass is 476 g/mol. The van der Waals surface area contributed by atoms with E-state index in [0.29, 0.717) is 22.0 Å². The number of anilines is 1. The molecule has 0 aliphatic carbocycles. The summed E-state index contributed by atoms with van der Waals surface area (Å²) in [7, 11) is 0. The molecule has 15 heteroatoms. The Labute approximate surface area is 175 Å². The highest BCUT2D eigenvalue weighted by molar-refractivity contribution is 6.45. The Bertz CT molecular complexity index is 967. The van der Waals surface area contributed by atoms with Crippen LogP contribution in [0.2, 0.25) is 15.1 Å². The van der Waals surface area contributed by atoms with E-state index >= 15 is 0 Å². The summed E-state index contributed by atoms with van der Waals surface area (Å²) in [6.07, 6.45) is -4.16. The first-order chi connectivity index (χ1) is 13.4. The van der Waals surface area contributed by atoms with Gasteiger partial charge >= 0.3 is 11.9 Å². The largest absolute Gasteiger partial charge is 0.417 e. The summed E-state index contributed by atoms with van der Waals surface area (Å²) in [5.74, 6) is -1.48. The maximum atomic E-state index is 13.1. The molecule has 0 aliphatic rings. The average Bonchev–Trinajstić information content (AvgIpc) is 3.02. The van der Waals surface area contributed by atoms with Crippen LogP contribution in [0.1, 0.15) is 12.5 Å². The highest BCUT2D eigenvalue weighted by Crippen LogP contribution is 2.45. The van der Waals surface area contributed by atoms with Crippen LogP contribution in [0, 0.1) is 10.1 Å². The van der Waals surface area contributed by atoms with E-state index < -0.39 is 68.0 Å². The Morgan fingerprint density at radius 1 is 1.38 bits per heavy atom. The minimum Gasteiger partial charge on any atom is -0.394 e. The number of amides is 1. The van der Waals surface area contributed by atoms with E-state index in [-0.39, 0.29) is 0 Å². The number of benzene rings is 1. The SMILES string of the molecule is CC(=O)N(OCCO)c1c([N+](=O)[O-])cnn1-c1c(Cl)cc(C(F)(F)F)c(Cl)c1Cl. The van der Waals surface area contributed by atoms with Crippen molar-refractivity contribution >= 4 is 52.2 Å². The third kappa shape index (κ3) is 4.56. The van der Waals surface area contributed by atoms with Crippen LogP contribution in [0.4, 0.5) is 24.7 Å². The first-order valence-corrected chi connectivity index (χ1v) is 8.57. The smallest absolute Gasteiger partial charge is 0.394 e. The van der Waals surface area contributed by atoms with Gasteiger partial charge in [0.15, 0.2) is 0 Å². The van der Waals surface area contributed by atoms with Gasteiger partial charge in [-0.1, -0.05) is 34.8 Å². The molecule has 0 aliphatic heterocycles. The van der Waals surface area contributed by atoms with Gasteiger partial charge in [0.25, 0.3) is 0 Å². The fraction of sp³-hybridized carbons (Fsp3) is 0.286. The van der Waals surface area contributed by atoms with Crippen LogP contribution < -0.4 is 5.06 Å². The van der Waals surface area contributed by atoms with Crippen molar-refractivity contribution in [2.45, 2.75) is 13.1 Å². The van der Waals surface area contributed by atoms with E-state index in [9.17, 15) is 28.1 Å². The predicted molar refractivity (Wildman–Crippen MR) is 96.4 cm³/mol. The summed E-state index contributed by atoms with van der Waals surface area (Å²) in [5.41, 5.74) is -2.53. The lowest BCUT2D eigenvalue weighted by Crippen LogP contribution is -2.32. The summed E-state index contributed by atoms with van der Waals surface area (Å²) in [6, 6.07) is 0.467. The molecule has 1 heterocycles. The van der Waals surface area contributed by atoms with Crippen molar-refractivity contribution in [1.29, 1.82) is 0 Å². The molecule has 0 atom stereocenters. The van der Waals surface area contributed by atoms with Crippen LogP contribution in [0.15, 0.2) is 12.3 Å². The van der Waals surface area contributed by atoms with Crippen molar-refractivity contribution in [2.24, 2.45) is 0 Å². The minimum absolute atomic E-state index is 0.430. The molecule has 0 bridgehead atoms. The molecule has 0 fully saturated rings. The van der Waals surface area contributed by atoms with Crippen molar-refractivity contribution in [3.05, 3.63) is 43.0 Å². The quantitative estimate of drug-likeness (QED) is 0.382. The van der Waals surface area contributed by atoms with E-state index in [2.05, 4.69) is 5.10 Å². The van der Waals surface area contributed by atoms with Gasteiger partial charge in [0.1, 0.15) is 11.9 Å². The molecule has 2 aromatic rings. The zero-order valence-electron chi connectivity index (χ0n) is 14.2. The summed E-state index contributed by atoms with van der Waals surface area (Å²) in [5, 5.41) is 22.2. The second-order valence-corrected chi connectivity index (χ2v) is 6.44. The van der Waals surface area contributed by atoms with E-state index in [4.69, 9.17) is 44.7 Å². The molecule has 0 radical (unpaired) electrons. The number of nitrogens with zero attached hydrogens (tertiary/aromatic N) is 4. The van der Waals surface area contributed by atoms with Crippen molar-refractivity contribution in [3.63, 3.8) is 0 Å². The molecule has 29 heavy (non-hydrogen) atoms. The summed E-state index contributed by atoms with van der Waals surface area (Å²) < 4.78 is 39.9. The number of nitro groups is 1. The Hall–Kier alpha value is -2.12. The first-order valence-electron chi connectivity index (χ1n) is 7.43. The van der Waals surface area contributed by atoms with Gasteiger partial charge in [0.2, 0.25) is 11.7 Å². The predicted octanol–water partition coefficient (Wildman–Crippen LogP) is 4.04. The number of halogens is 6. The van der Waals surface area contributed by atoms with E-state index in [1.54, 1.807) is 0 Å². The number of rotatable bonds is 6. The molecule has 0 unspecified atom stereocenters. The molecule has 1 aromatic heterocycles. The van der Waals surface area contributed by atoms with Gasteiger partial charge < -0.3 is 5.11 Å². The summed E-state index contributed by atoms with van der Waals surface area (Å²) in [4.78, 5) is 27.4. The zero-order chi connectivity index (χ0) is 22.1. The third-order valence-electron chi connectivity index (χ3n) is 3.36. The number of aliphatic hydroxyl groups is 1. The van der Waals surface area contributed by atoms with Crippen LogP contribution in [-0.4, -0.2) is 38.9 Å². The van der Waals surface area contributed by atoms with E-state index in [1.807, 2.05) is 0 Å². The Morgan fingerprint density at radius 3 is 2.48 bits per heavy atom. The second kappa shape index (κ2) is 8.71. The van der Waals surface area contributed by atoms with Gasteiger partial charge in [0.05, 0.1) is 38.8 Å². The van der Waals surface area contributed by atoms with Gasteiger partial charge in [-0.2, -0.15) is 23.3 Å². The maximum Gasteiger partial charge on any atom is 0.417 e. The summed E-state index contributed by atoms with van der Waals surface area (Å²) in [6.45, 7) is 0.0118. The van der Waals surface area contributed by atoms with Gasteiger partial charge in [-0.15, -0.1) is 0 Å². The average molecular weight is 478 g/mol. The van der Waals surface area contributed by atoms with Crippen LogP contribution in [0.3, 0.4) is 0 Å². The topological polar surface area (TPSA) is 111 Å². The molecule has 1 aromatic carbocycles. The fourth-order valence-electron chi connectivity index (χ4n) is 2.24. The summed E-state index contributed by atoms with van der Waals surface area (Å²) >= 11 is 17.6. The van der Waals surface area contributed by atoms with E-state index in [1.165, 1.54) is 0 Å². The highest BCUT2D eigenvalue weighted by Gasteiger charge is 2.38. The number of aliphatic hydroxyl groups excluding tert-OH is 1. The Morgan fingerprint density at radius 2 is 2.00 bits per heavy atom. The van der Waals surface area contributed by atoms with Gasteiger partial charge in [-0.25, -0.2) is 4.68 Å². The Balaban J connectivity index is 2.82. The third-order valence-corrected chi connectivity index (χ3v) is 4.51. The van der Waals surface area contributed by atoms with Gasteiger partial charge in [0, 0.05) is 6.92 Å². The normalized spacial score (nSPS) is 11.6. The lowest BCUT2D eigenvalue weighted by atomic mass is 10.2. The number of carbonyl (C=O) groups is 1. The fourth-order valence-corrected chi connectivity index (χ4v) is 3.10. The zero-order valence-corrected chi connectivity index (χ0v) is 16.5. The number of carbonyl (C=O) groups excluding carboxylic acids is 1. The van der Waals surface area contributed by atoms with Gasteiger partial charge in [-0.05, 0) is 6.07 Å². The molecule has 9 nitrogen and oxygen atoms in total. The molecule has 158 valence electrons. The molecular formula is C14H10Cl3F3N4O5. The Kier molecular flexibility index (Phi) is 6.96. The number of hydrogen-bond acceptors (Lipinski definition) is 6. The molecule has 0 spiro atoms. The van der Waals surface area contributed by atoms with Crippen LogP contribution in [0.5, 0.6) is 0 Å². The van der Waals surface area contributed by atoms with Crippen LogP contribution in [0.25, 0.3) is 5.69 Å². The number of hydroxylamine groups is 1. The molecule has 2 rings (SSSR count). The first kappa shape index (κ1) is 23.2. The molecule has 1 N–H and O–H groups in total. The van der Waals surface area contributed by atoms with Crippen molar-refractivity contribution in [1.82, 2.24) is 9.78 Å². The molecule has 0 saturated heterocycles. The molecule has 1 amide bonds. The standard InChI is InChI=1S/C14H10Cl3F3N4O5/c1-6(26)23(29-3-2-25)13-9(24(27)28)5-21-22(13)12-8(15)4-7(14(18,19)20)10(16)11(12)17/h4-5,25H,2-3H2,1H3. The number of alkyl halides is 3. The lowest BCUT2D eigenvalue weighted by Gasteiger charge is -2.21. The van der Waals surface area contributed by atoms with Crippen molar-refractivity contribution in [2.75, 3.05) is 18.3 Å². The number of aromatic nitrogens is 2. The number of hydrogen-bond donors (Lipinski definition) is 1. The minimum atomic E-state index is -4.88. The van der Waals surface area contributed by atoms with Crippen molar-refractivity contribution < 1.29 is 32.8 Å². The molecule has 0 saturated carbocycles. The lowest BCUT2D eigenvalue weighted by molar-refractivity contribution is -0.384. The van der Waals surface area contributed by atoms with Crippen LogP contribution >= 0.6 is 34.8 Å².